The first-order valence-electron chi connectivity index (χ1n) is 14.6. The molecule has 7 nitrogen and oxygen atoms in total. The lowest BCUT2D eigenvalue weighted by Gasteiger charge is -2.34. The number of sulfonamides is 1. The maximum Gasteiger partial charge on any atom is 0.264 e. The van der Waals surface area contributed by atoms with Crippen LogP contribution in [0.2, 0.25) is 5.02 Å². The SMILES string of the molecule is CC[C@@H](C)NC(=O)[C@@H](Cc1ccccc1)N(Cc1ccccc1)C(=O)CN(c1ccc(C)cc1)S(=O)(=O)c1ccc(Cl)cc1. The summed E-state index contributed by atoms with van der Waals surface area (Å²) in [6.45, 7) is 5.40. The number of rotatable bonds is 13. The van der Waals surface area contributed by atoms with Gasteiger partial charge in [0.25, 0.3) is 10.0 Å². The van der Waals surface area contributed by atoms with E-state index in [9.17, 15) is 18.0 Å². The first-order valence-corrected chi connectivity index (χ1v) is 16.4. The summed E-state index contributed by atoms with van der Waals surface area (Å²) in [5.74, 6) is -0.804. The standard InChI is InChI=1S/C35H38ClN3O4S/c1-4-27(3)37-35(41)33(23-28-11-7-5-8-12-28)38(24-29-13-9-6-10-14-29)34(40)25-39(31-19-15-26(2)16-20-31)44(42,43)32-21-17-30(36)18-22-32/h5-22,27,33H,4,23-25H2,1-3H3,(H,37,41)/t27-,33-/m1/s1. The summed E-state index contributed by atoms with van der Waals surface area (Å²) in [5, 5.41) is 3.44. The average molecular weight is 632 g/mol. The van der Waals surface area contributed by atoms with E-state index in [4.69, 9.17) is 11.6 Å². The van der Waals surface area contributed by atoms with Crippen LogP contribution < -0.4 is 9.62 Å². The van der Waals surface area contributed by atoms with Gasteiger partial charge in [-0.05, 0) is 67.8 Å². The molecule has 2 atom stereocenters. The van der Waals surface area contributed by atoms with E-state index in [0.717, 1.165) is 27.4 Å². The third-order valence-corrected chi connectivity index (χ3v) is 9.51. The summed E-state index contributed by atoms with van der Waals surface area (Å²) in [4.78, 5) is 29.8. The molecule has 0 spiro atoms. The van der Waals surface area contributed by atoms with Gasteiger partial charge in [0.2, 0.25) is 11.8 Å². The lowest BCUT2D eigenvalue weighted by molar-refractivity contribution is -0.140. The van der Waals surface area contributed by atoms with Crippen LogP contribution in [0.5, 0.6) is 0 Å². The predicted molar refractivity (Wildman–Crippen MR) is 176 cm³/mol. The quantitative estimate of drug-likeness (QED) is 0.185. The molecule has 0 aromatic heterocycles. The molecule has 0 unspecified atom stereocenters. The third kappa shape index (κ3) is 8.49. The highest BCUT2D eigenvalue weighted by molar-refractivity contribution is 7.92. The lowest BCUT2D eigenvalue weighted by atomic mass is 10.0. The molecule has 0 fully saturated rings. The van der Waals surface area contributed by atoms with E-state index in [1.165, 1.54) is 29.2 Å². The molecule has 0 saturated carbocycles. The summed E-state index contributed by atoms with van der Waals surface area (Å²) in [6, 6.07) is 30.7. The van der Waals surface area contributed by atoms with Crippen molar-refractivity contribution in [1.29, 1.82) is 0 Å². The van der Waals surface area contributed by atoms with Crippen molar-refractivity contribution in [3.63, 3.8) is 0 Å². The van der Waals surface area contributed by atoms with Crippen molar-refractivity contribution < 1.29 is 18.0 Å². The van der Waals surface area contributed by atoms with Crippen LogP contribution in [0.15, 0.2) is 114 Å². The molecule has 2 amide bonds. The fourth-order valence-electron chi connectivity index (χ4n) is 4.75. The minimum atomic E-state index is -4.19. The second-order valence-electron chi connectivity index (χ2n) is 10.8. The number of benzene rings is 4. The molecule has 0 aliphatic heterocycles. The number of carbonyl (C=O) groups excluding carboxylic acids is 2. The normalized spacial score (nSPS) is 12.6. The Hall–Kier alpha value is -4.14. The molecule has 0 radical (unpaired) electrons. The molecule has 9 heteroatoms. The van der Waals surface area contributed by atoms with Crippen LogP contribution in [-0.4, -0.2) is 43.8 Å². The number of nitrogens with zero attached hydrogens (tertiary/aromatic N) is 2. The number of hydrogen-bond acceptors (Lipinski definition) is 4. The van der Waals surface area contributed by atoms with Gasteiger partial charge in [0, 0.05) is 24.0 Å². The van der Waals surface area contributed by atoms with E-state index in [1.54, 1.807) is 24.3 Å². The molecule has 4 aromatic rings. The van der Waals surface area contributed by atoms with Crippen LogP contribution in [0.4, 0.5) is 5.69 Å². The van der Waals surface area contributed by atoms with E-state index >= 15 is 0 Å². The highest BCUT2D eigenvalue weighted by Crippen LogP contribution is 2.26. The zero-order valence-electron chi connectivity index (χ0n) is 25.2. The highest BCUT2D eigenvalue weighted by atomic mass is 35.5. The van der Waals surface area contributed by atoms with E-state index in [-0.39, 0.29) is 29.8 Å². The fourth-order valence-corrected chi connectivity index (χ4v) is 6.29. The van der Waals surface area contributed by atoms with Crippen LogP contribution in [-0.2, 0) is 32.6 Å². The third-order valence-electron chi connectivity index (χ3n) is 7.47. The second kappa shape index (κ2) is 15.0. The molecule has 1 N–H and O–H groups in total. The Labute approximate surface area is 265 Å². The van der Waals surface area contributed by atoms with Crippen molar-refractivity contribution in [2.24, 2.45) is 0 Å². The number of carbonyl (C=O) groups is 2. The Morgan fingerprint density at radius 2 is 1.39 bits per heavy atom. The van der Waals surface area contributed by atoms with Crippen molar-refractivity contribution in [2.75, 3.05) is 10.8 Å². The molecule has 0 saturated heterocycles. The first kappa shape index (κ1) is 32.8. The van der Waals surface area contributed by atoms with Crippen molar-refractivity contribution in [3.8, 4) is 0 Å². The maximum absolute atomic E-state index is 14.4. The molecule has 0 bridgehead atoms. The van der Waals surface area contributed by atoms with Gasteiger partial charge in [-0.1, -0.05) is 96.9 Å². The number of aryl methyl sites for hydroxylation is 1. The number of halogens is 1. The Bertz CT molecular complexity index is 1630. The Morgan fingerprint density at radius 3 is 1.95 bits per heavy atom. The van der Waals surface area contributed by atoms with Crippen molar-refractivity contribution in [1.82, 2.24) is 10.2 Å². The summed E-state index contributed by atoms with van der Waals surface area (Å²) < 4.78 is 29.2. The Balaban J connectivity index is 1.79. The monoisotopic (exact) mass is 631 g/mol. The van der Waals surface area contributed by atoms with Gasteiger partial charge in [0.15, 0.2) is 0 Å². The fraction of sp³-hybridized carbons (Fsp3) is 0.257. The minimum absolute atomic E-state index is 0.000216. The van der Waals surface area contributed by atoms with Gasteiger partial charge >= 0.3 is 0 Å². The molecule has 4 aromatic carbocycles. The van der Waals surface area contributed by atoms with Gasteiger partial charge in [0.1, 0.15) is 12.6 Å². The summed E-state index contributed by atoms with van der Waals surface area (Å²) in [6.07, 6.45) is 0.979. The zero-order valence-corrected chi connectivity index (χ0v) is 26.8. The second-order valence-corrected chi connectivity index (χ2v) is 13.1. The van der Waals surface area contributed by atoms with E-state index < -0.39 is 28.5 Å². The van der Waals surface area contributed by atoms with E-state index in [0.29, 0.717) is 10.7 Å². The average Bonchev–Trinajstić information content (AvgIpc) is 3.03. The molecule has 230 valence electrons. The number of amides is 2. The maximum atomic E-state index is 14.4. The molecular formula is C35H38ClN3O4S. The smallest absolute Gasteiger partial charge is 0.264 e. The topological polar surface area (TPSA) is 86.8 Å². The first-order chi connectivity index (χ1) is 21.1. The lowest BCUT2D eigenvalue weighted by Crippen LogP contribution is -2.54. The molecule has 0 aliphatic rings. The van der Waals surface area contributed by atoms with Crippen LogP contribution in [0.1, 0.15) is 37.0 Å². The Kier molecular flexibility index (Phi) is 11.2. The molecule has 0 heterocycles. The predicted octanol–water partition coefficient (Wildman–Crippen LogP) is 6.40. The summed E-state index contributed by atoms with van der Waals surface area (Å²) >= 11 is 6.05. The molecule has 4 rings (SSSR count). The van der Waals surface area contributed by atoms with Crippen molar-refractivity contribution >= 4 is 39.1 Å². The zero-order chi connectivity index (χ0) is 31.7. The number of hydrogen-bond donors (Lipinski definition) is 1. The summed E-state index contributed by atoms with van der Waals surface area (Å²) in [7, 11) is -4.19. The van der Waals surface area contributed by atoms with Crippen molar-refractivity contribution in [2.45, 2.75) is 57.1 Å². The van der Waals surface area contributed by atoms with E-state index in [2.05, 4.69) is 5.32 Å². The molecule has 44 heavy (non-hydrogen) atoms. The van der Waals surface area contributed by atoms with E-state index in [1.807, 2.05) is 81.4 Å². The minimum Gasteiger partial charge on any atom is -0.352 e. The van der Waals surface area contributed by atoms with Crippen LogP contribution in [0, 0.1) is 6.92 Å². The van der Waals surface area contributed by atoms with Gasteiger partial charge in [0.05, 0.1) is 10.6 Å². The van der Waals surface area contributed by atoms with Crippen LogP contribution in [0.25, 0.3) is 0 Å². The molecular weight excluding hydrogens is 594 g/mol. The van der Waals surface area contributed by atoms with Gasteiger partial charge in [-0.3, -0.25) is 13.9 Å². The van der Waals surface area contributed by atoms with Gasteiger partial charge < -0.3 is 10.2 Å². The van der Waals surface area contributed by atoms with Gasteiger partial charge in [-0.2, -0.15) is 0 Å². The van der Waals surface area contributed by atoms with Crippen molar-refractivity contribution in [3.05, 3.63) is 131 Å². The van der Waals surface area contributed by atoms with Gasteiger partial charge in [-0.15, -0.1) is 0 Å². The summed E-state index contributed by atoms with van der Waals surface area (Å²) in [5.41, 5.74) is 2.98. The largest absolute Gasteiger partial charge is 0.352 e. The van der Waals surface area contributed by atoms with Crippen LogP contribution in [0.3, 0.4) is 0 Å². The Morgan fingerprint density at radius 1 is 0.818 bits per heavy atom. The highest BCUT2D eigenvalue weighted by Gasteiger charge is 2.35. The number of anilines is 1. The molecule has 0 aliphatic carbocycles. The number of nitrogens with one attached hydrogen (secondary N) is 1. The van der Waals surface area contributed by atoms with Gasteiger partial charge in [-0.25, -0.2) is 8.42 Å². The van der Waals surface area contributed by atoms with Crippen LogP contribution >= 0.6 is 11.6 Å².